The van der Waals surface area contributed by atoms with Crippen molar-refractivity contribution in [2.75, 3.05) is 19.6 Å². The summed E-state index contributed by atoms with van der Waals surface area (Å²) in [4.78, 5) is 15.1. The first-order valence-electron chi connectivity index (χ1n) is 7.82. The summed E-state index contributed by atoms with van der Waals surface area (Å²) in [5.74, 6) is 0.736. The Labute approximate surface area is 124 Å². The molecule has 1 amide bonds. The number of benzene rings is 2. The number of rotatable bonds is 2. The molecule has 3 aliphatic heterocycles. The van der Waals surface area contributed by atoms with Crippen LogP contribution in [0, 0.1) is 5.92 Å². The molecule has 0 unspecified atom stereocenters. The number of carbonyl (C=O) groups excluding carboxylic acids is 1. The molecule has 0 saturated carbocycles. The fraction of sp³-hybridized carbons (Fsp3) is 0.389. The minimum Gasteiger partial charge on any atom is -0.348 e. The topological polar surface area (TPSA) is 32.3 Å². The van der Waals surface area contributed by atoms with Crippen molar-refractivity contribution in [1.29, 1.82) is 0 Å². The highest BCUT2D eigenvalue weighted by molar-refractivity contribution is 6.07. The van der Waals surface area contributed by atoms with Crippen molar-refractivity contribution in [1.82, 2.24) is 10.2 Å². The van der Waals surface area contributed by atoms with Gasteiger partial charge in [-0.3, -0.25) is 4.79 Å². The molecule has 2 aromatic carbocycles. The van der Waals surface area contributed by atoms with Crippen LogP contribution in [-0.4, -0.2) is 36.5 Å². The molecule has 108 valence electrons. The quantitative estimate of drug-likeness (QED) is 0.917. The molecular weight excluding hydrogens is 260 g/mol. The molecule has 0 aromatic heterocycles. The van der Waals surface area contributed by atoms with Crippen LogP contribution < -0.4 is 5.32 Å². The summed E-state index contributed by atoms with van der Waals surface area (Å²) in [6.45, 7) is 3.41. The lowest BCUT2D eigenvalue weighted by Gasteiger charge is -2.44. The molecule has 0 aliphatic carbocycles. The van der Waals surface area contributed by atoms with Gasteiger partial charge in [-0.25, -0.2) is 0 Å². The Morgan fingerprint density at radius 3 is 2.57 bits per heavy atom. The number of fused-ring (bicyclic) bond motifs is 4. The van der Waals surface area contributed by atoms with E-state index in [1.54, 1.807) is 0 Å². The number of hydrogen-bond donors (Lipinski definition) is 1. The molecule has 3 aliphatic rings. The predicted octanol–water partition coefficient (Wildman–Crippen LogP) is 2.66. The molecule has 3 heterocycles. The van der Waals surface area contributed by atoms with E-state index in [-0.39, 0.29) is 5.91 Å². The largest absolute Gasteiger partial charge is 0.348 e. The molecule has 5 rings (SSSR count). The van der Waals surface area contributed by atoms with Gasteiger partial charge >= 0.3 is 0 Å². The van der Waals surface area contributed by atoms with E-state index < -0.39 is 0 Å². The van der Waals surface area contributed by atoms with Crippen molar-refractivity contribution in [3.05, 3.63) is 48.0 Å². The summed E-state index contributed by atoms with van der Waals surface area (Å²) < 4.78 is 0. The van der Waals surface area contributed by atoms with Gasteiger partial charge in [-0.15, -0.1) is 0 Å². The summed E-state index contributed by atoms with van der Waals surface area (Å²) in [6, 6.07) is 14.4. The van der Waals surface area contributed by atoms with E-state index in [0.29, 0.717) is 12.0 Å². The maximum Gasteiger partial charge on any atom is 0.252 e. The Balaban J connectivity index is 1.59. The van der Waals surface area contributed by atoms with Gasteiger partial charge in [0.05, 0.1) is 0 Å². The zero-order valence-electron chi connectivity index (χ0n) is 12.1. The van der Waals surface area contributed by atoms with Gasteiger partial charge in [-0.1, -0.05) is 36.4 Å². The molecule has 3 saturated heterocycles. The van der Waals surface area contributed by atoms with Crippen LogP contribution in [0.5, 0.6) is 0 Å². The molecule has 2 bridgehead atoms. The van der Waals surface area contributed by atoms with Crippen LogP contribution in [0.15, 0.2) is 42.5 Å². The maximum atomic E-state index is 12.7. The van der Waals surface area contributed by atoms with Crippen molar-refractivity contribution in [2.45, 2.75) is 18.9 Å². The van der Waals surface area contributed by atoms with Crippen LogP contribution in [0.4, 0.5) is 0 Å². The lowest BCUT2D eigenvalue weighted by molar-refractivity contribution is 0.0621. The monoisotopic (exact) mass is 280 g/mol. The summed E-state index contributed by atoms with van der Waals surface area (Å²) in [7, 11) is 0. The minimum absolute atomic E-state index is 0.0746. The van der Waals surface area contributed by atoms with Gasteiger partial charge in [0, 0.05) is 18.2 Å². The zero-order chi connectivity index (χ0) is 14.2. The number of nitrogens with zero attached hydrogens (tertiary/aromatic N) is 1. The van der Waals surface area contributed by atoms with Crippen molar-refractivity contribution in [2.24, 2.45) is 5.92 Å². The third kappa shape index (κ3) is 2.32. The first-order valence-corrected chi connectivity index (χ1v) is 7.82. The second-order valence-corrected chi connectivity index (χ2v) is 6.24. The molecule has 1 N–H and O–H groups in total. The summed E-state index contributed by atoms with van der Waals surface area (Å²) >= 11 is 0. The van der Waals surface area contributed by atoms with Gasteiger partial charge in [0.2, 0.25) is 0 Å². The smallest absolute Gasteiger partial charge is 0.252 e. The number of hydrogen-bond acceptors (Lipinski definition) is 2. The van der Waals surface area contributed by atoms with Gasteiger partial charge in [0.25, 0.3) is 5.91 Å². The van der Waals surface area contributed by atoms with Gasteiger partial charge < -0.3 is 10.2 Å². The lowest BCUT2D eigenvalue weighted by Crippen LogP contribution is -2.57. The van der Waals surface area contributed by atoms with Crippen LogP contribution in [-0.2, 0) is 0 Å². The van der Waals surface area contributed by atoms with E-state index in [4.69, 9.17) is 0 Å². The second-order valence-electron chi connectivity index (χ2n) is 6.24. The van der Waals surface area contributed by atoms with Gasteiger partial charge in [0.15, 0.2) is 0 Å². The Morgan fingerprint density at radius 2 is 1.81 bits per heavy atom. The molecule has 1 atom stereocenters. The number of carbonyl (C=O) groups is 1. The highest BCUT2D eigenvalue weighted by Crippen LogP contribution is 2.28. The molecule has 3 heteroatoms. The van der Waals surface area contributed by atoms with Gasteiger partial charge in [0.1, 0.15) is 0 Å². The molecule has 3 nitrogen and oxygen atoms in total. The highest BCUT2D eigenvalue weighted by atomic mass is 16.1. The van der Waals surface area contributed by atoms with Gasteiger partial charge in [-0.05, 0) is 48.7 Å². The molecule has 0 spiro atoms. The Morgan fingerprint density at radius 1 is 1.05 bits per heavy atom. The third-order valence-corrected chi connectivity index (χ3v) is 5.01. The zero-order valence-corrected chi connectivity index (χ0v) is 12.1. The lowest BCUT2D eigenvalue weighted by atomic mass is 9.84. The van der Waals surface area contributed by atoms with Crippen LogP contribution in [0.25, 0.3) is 10.8 Å². The molecular formula is C18H20N2O. The van der Waals surface area contributed by atoms with E-state index in [0.717, 1.165) is 22.9 Å². The van der Waals surface area contributed by atoms with Crippen molar-refractivity contribution in [3.63, 3.8) is 0 Å². The van der Waals surface area contributed by atoms with E-state index in [2.05, 4.69) is 22.3 Å². The van der Waals surface area contributed by atoms with E-state index in [1.165, 1.54) is 25.9 Å². The van der Waals surface area contributed by atoms with E-state index in [1.807, 2.05) is 30.3 Å². The normalized spacial score (nSPS) is 27.7. The molecule has 2 aromatic rings. The highest BCUT2D eigenvalue weighted by Gasteiger charge is 2.35. The fourth-order valence-corrected chi connectivity index (χ4v) is 3.80. The Kier molecular flexibility index (Phi) is 3.15. The first kappa shape index (κ1) is 12.8. The average molecular weight is 280 g/mol. The van der Waals surface area contributed by atoms with Crippen LogP contribution >= 0.6 is 0 Å². The van der Waals surface area contributed by atoms with Crippen LogP contribution in [0.1, 0.15) is 23.2 Å². The summed E-state index contributed by atoms with van der Waals surface area (Å²) in [5, 5.41) is 5.44. The standard InChI is InChI=1S/C18H20N2O/c21-18(19-17-12-20-10-8-14(17)9-11-20)16-7-3-5-13-4-1-2-6-15(13)16/h1-7,14,17H,8-12H2,(H,19,21)/t17-/m1/s1. The van der Waals surface area contributed by atoms with Crippen LogP contribution in [0.2, 0.25) is 0 Å². The summed E-state index contributed by atoms with van der Waals surface area (Å²) in [5.41, 5.74) is 0.796. The SMILES string of the molecule is O=C(N[C@@H]1CN2CCC1CC2)c1cccc2ccccc12. The first-order chi connectivity index (χ1) is 10.3. The molecule has 3 fully saturated rings. The Hall–Kier alpha value is -1.87. The van der Waals surface area contributed by atoms with Crippen molar-refractivity contribution < 1.29 is 4.79 Å². The predicted molar refractivity (Wildman–Crippen MR) is 84.4 cm³/mol. The third-order valence-electron chi connectivity index (χ3n) is 5.01. The fourth-order valence-electron chi connectivity index (χ4n) is 3.80. The maximum absolute atomic E-state index is 12.7. The van der Waals surface area contributed by atoms with Crippen LogP contribution in [0.3, 0.4) is 0 Å². The molecule has 0 radical (unpaired) electrons. The van der Waals surface area contributed by atoms with Gasteiger partial charge in [-0.2, -0.15) is 0 Å². The number of nitrogens with one attached hydrogen (secondary N) is 1. The summed E-state index contributed by atoms with van der Waals surface area (Å²) in [6.07, 6.45) is 2.45. The van der Waals surface area contributed by atoms with E-state index >= 15 is 0 Å². The molecule has 21 heavy (non-hydrogen) atoms. The van der Waals surface area contributed by atoms with E-state index in [9.17, 15) is 4.79 Å². The van der Waals surface area contributed by atoms with Crippen molar-refractivity contribution in [3.8, 4) is 0 Å². The minimum atomic E-state index is 0.0746. The second kappa shape index (κ2) is 5.15. The number of piperidine rings is 3. The average Bonchev–Trinajstić information content (AvgIpc) is 2.55. The Bertz CT molecular complexity index is 668. The number of amides is 1. The van der Waals surface area contributed by atoms with Crippen molar-refractivity contribution >= 4 is 16.7 Å².